The first-order valence-electron chi connectivity index (χ1n) is 20.3. The number of H-pyrrole nitrogens is 1. The van der Waals surface area contributed by atoms with Gasteiger partial charge in [0.05, 0.1) is 27.4 Å². The number of nitrogens with zero attached hydrogens (tertiary/aromatic N) is 3. The SMILES string of the molecule is COc1ccc(C(OC[C@H]2O[C@@H](n3cc(C)c(=O)[nH]c3=O)C[C@@H]2OP(=O)(O)OC[C@H]2O[C@@H](n3cc(C)c(=S)n(C)c3=O)C[C@@H]2OC(C)=O)(c2ccccc2)c2ccc(OC)cc2)cc1. The molecule has 2 aromatic heterocycles. The maximum Gasteiger partial charge on any atom is 0.472 e. The van der Waals surface area contributed by atoms with E-state index in [0.29, 0.717) is 32.8 Å². The third-order valence-electron chi connectivity index (χ3n) is 11.2. The van der Waals surface area contributed by atoms with Crippen LogP contribution in [0, 0.1) is 18.5 Å². The molecule has 3 aromatic carbocycles. The molecule has 5 aromatic rings. The first-order valence-corrected chi connectivity index (χ1v) is 22.2. The molecular weight excluding hydrogens is 872 g/mol. The topological polar surface area (TPSA) is 210 Å². The monoisotopic (exact) mass is 920 g/mol. The fourth-order valence-electron chi connectivity index (χ4n) is 7.99. The average Bonchev–Trinajstić information content (AvgIpc) is 3.87. The van der Waals surface area contributed by atoms with Crippen molar-refractivity contribution < 1.29 is 51.7 Å². The molecule has 1 unspecified atom stereocenters. The van der Waals surface area contributed by atoms with Gasteiger partial charge in [0.1, 0.15) is 58.6 Å². The number of hydrogen-bond donors (Lipinski definition) is 2. The van der Waals surface area contributed by atoms with Crippen LogP contribution in [0.1, 0.15) is 60.0 Å². The zero-order chi connectivity index (χ0) is 45.9. The standard InChI is InChI=1S/C44H49N4O14PS/c1-26-22-47(42(51)45-40(26)50)38-21-35(62-63(53,54)58-25-37-34(59-28(3)49)20-39(61-37)48-23-27(2)41(64)46(4)43(48)52)36(60-38)24-57-44(29-10-8-7-9-11-29,30-12-16-32(55-5)17-13-30)31-14-18-33(56-6)19-15-31/h7-19,22-23,34-39H,20-21,24-25H2,1-6H3,(H,53,54)(H,45,50,51)/t34-,35-,36+,37+,38+,39+/m0/s1. The van der Waals surface area contributed by atoms with Crippen LogP contribution in [0.15, 0.2) is 106 Å². The lowest BCUT2D eigenvalue weighted by atomic mass is 9.80. The summed E-state index contributed by atoms with van der Waals surface area (Å²) in [7, 11) is -0.385. The van der Waals surface area contributed by atoms with Gasteiger partial charge in [0.25, 0.3) is 5.56 Å². The van der Waals surface area contributed by atoms with E-state index in [2.05, 4.69) is 4.98 Å². The smallest absolute Gasteiger partial charge is 0.472 e. The van der Waals surface area contributed by atoms with Crippen LogP contribution in [-0.4, -0.2) is 81.4 Å². The van der Waals surface area contributed by atoms with Gasteiger partial charge >= 0.3 is 25.2 Å². The van der Waals surface area contributed by atoms with Crippen molar-refractivity contribution in [1.29, 1.82) is 0 Å². The first kappa shape index (κ1) is 46.5. The molecule has 0 bridgehead atoms. The molecule has 2 aliphatic heterocycles. The number of ether oxygens (including phenoxy) is 6. The van der Waals surface area contributed by atoms with Gasteiger partial charge in [0.2, 0.25) is 0 Å². The van der Waals surface area contributed by atoms with Crippen molar-refractivity contribution >= 4 is 26.0 Å². The Bertz CT molecular complexity index is 2710. The molecule has 7 rings (SSSR count). The van der Waals surface area contributed by atoms with Gasteiger partial charge in [-0.2, -0.15) is 0 Å². The van der Waals surface area contributed by atoms with E-state index in [9.17, 15) is 28.6 Å². The lowest BCUT2D eigenvalue weighted by Gasteiger charge is -2.37. The Labute approximate surface area is 372 Å². The molecule has 0 radical (unpaired) electrons. The van der Waals surface area contributed by atoms with Gasteiger partial charge in [-0.05, 0) is 54.8 Å². The average molecular weight is 921 g/mol. The van der Waals surface area contributed by atoms with Gasteiger partial charge in [-0.3, -0.25) is 37.3 Å². The minimum atomic E-state index is -5.04. The van der Waals surface area contributed by atoms with E-state index in [4.69, 9.17) is 49.7 Å². The summed E-state index contributed by atoms with van der Waals surface area (Å²) in [6.45, 7) is 3.60. The highest BCUT2D eigenvalue weighted by atomic mass is 32.1. The van der Waals surface area contributed by atoms with E-state index in [1.54, 1.807) is 45.4 Å². The zero-order valence-electron chi connectivity index (χ0n) is 35.9. The summed E-state index contributed by atoms with van der Waals surface area (Å²) >= 11 is 5.33. The Morgan fingerprint density at radius 2 is 1.34 bits per heavy atom. The van der Waals surface area contributed by atoms with Gasteiger partial charge in [0.15, 0.2) is 0 Å². The summed E-state index contributed by atoms with van der Waals surface area (Å²) in [5.41, 5.74) is -0.186. The van der Waals surface area contributed by atoms with Crippen LogP contribution in [0.2, 0.25) is 0 Å². The normalized spacial score (nSPS) is 21.9. The first-order chi connectivity index (χ1) is 30.5. The largest absolute Gasteiger partial charge is 0.497 e. The number of phosphoric acid groups is 1. The number of aryl methyl sites for hydroxylation is 2. The fourth-order valence-corrected chi connectivity index (χ4v) is 9.08. The summed E-state index contributed by atoms with van der Waals surface area (Å²) in [5.74, 6) is 0.578. The van der Waals surface area contributed by atoms with Crippen molar-refractivity contribution in [2.24, 2.45) is 7.05 Å². The molecule has 340 valence electrons. The van der Waals surface area contributed by atoms with Gasteiger partial charge < -0.3 is 33.3 Å². The molecule has 2 saturated heterocycles. The molecule has 0 amide bonds. The highest BCUT2D eigenvalue weighted by molar-refractivity contribution is 7.71. The Hall–Kier alpha value is -5.50. The van der Waals surface area contributed by atoms with E-state index in [1.165, 1.54) is 47.0 Å². The van der Waals surface area contributed by atoms with Crippen LogP contribution < -0.4 is 26.4 Å². The number of aromatic amines is 1. The summed E-state index contributed by atoms with van der Waals surface area (Å²) in [6, 6.07) is 24.1. The number of rotatable bonds is 16. The zero-order valence-corrected chi connectivity index (χ0v) is 37.6. The van der Waals surface area contributed by atoms with Crippen molar-refractivity contribution in [3.8, 4) is 11.5 Å². The number of benzene rings is 3. The second-order valence-electron chi connectivity index (χ2n) is 15.4. The molecular formula is C44H49N4O14PS. The molecule has 64 heavy (non-hydrogen) atoms. The Morgan fingerprint density at radius 3 is 1.92 bits per heavy atom. The predicted molar refractivity (Wildman–Crippen MR) is 233 cm³/mol. The van der Waals surface area contributed by atoms with Crippen molar-refractivity contribution in [1.82, 2.24) is 18.7 Å². The second-order valence-corrected chi connectivity index (χ2v) is 17.2. The number of nitrogens with one attached hydrogen (secondary N) is 1. The second kappa shape index (κ2) is 19.3. The van der Waals surface area contributed by atoms with Gasteiger partial charge in [-0.1, -0.05) is 66.8 Å². The molecule has 0 spiro atoms. The third kappa shape index (κ3) is 9.76. The van der Waals surface area contributed by atoms with E-state index >= 15 is 0 Å². The number of aromatic nitrogens is 4. The number of phosphoric ester groups is 1. The molecule has 0 saturated carbocycles. The van der Waals surface area contributed by atoms with Crippen LogP contribution in [-0.2, 0) is 50.0 Å². The number of esters is 1. The van der Waals surface area contributed by atoms with E-state index in [-0.39, 0.29) is 25.0 Å². The van der Waals surface area contributed by atoms with Crippen molar-refractivity contribution in [3.63, 3.8) is 0 Å². The van der Waals surface area contributed by atoms with E-state index in [1.807, 2.05) is 54.6 Å². The maximum atomic E-state index is 14.0. The summed E-state index contributed by atoms with van der Waals surface area (Å²) in [4.78, 5) is 64.4. The molecule has 18 nitrogen and oxygen atoms in total. The quantitative estimate of drug-likeness (QED) is 0.0570. The molecule has 2 fully saturated rings. The minimum Gasteiger partial charge on any atom is -0.497 e. The molecule has 2 N–H and O–H groups in total. The maximum absolute atomic E-state index is 14.0. The van der Waals surface area contributed by atoms with Gasteiger partial charge in [-0.25, -0.2) is 14.2 Å². The number of methoxy groups -OCH3 is 2. The number of hydrogen-bond acceptors (Lipinski definition) is 14. The van der Waals surface area contributed by atoms with Crippen LogP contribution in [0.4, 0.5) is 0 Å². The van der Waals surface area contributed by atoms with Gasteiger partial charge in [0, 0.05) is 50.3 Å². The molecule has 7 atom stereocenters. The van der Waals surface area contributed by atoms with Crippen molar-refractivity contribution in [3.05, 3.63) is 155 Å². The van der Waals surface area contributed by atoms with E-state index in [0.717, 1.165) is 5.56 Å². The predicted octanol–water partition coefficient (Wildman–Crippen LogP) is 5.12. The number of carbonyl (C=O) groups excluding carboxylic acids is 1. The lowest BCUT2D eigenvalue weighted by molar-refractivity contribution is -0.150. The van der Waals surface area contributed by atoms with Gasteiger partial charge in [-0.15, -0.1) is 0 Å². The summed E-state index contributed by atoms with van der Waals surface area (Å²) in [6.07, 6.45) is -3.74. The minimum absolute atomic E-state index is 0.0246. The Kier molecular flexibility index (Phi) is 14.0. The van der Waals surface area contributed by atoms with Crippen LogP contribution in [0.25, 0.3) is 0 Å². The van der Waals surface area contributed by atoms with Crippen LogP contribution in [0.5, 0.6) is 11.5 Å². The Morgan fingerprint density at radius 1 is 0.812 bits per heavy atom. The van der Waals surface area contributed by atoms with Crippen LogP contribution in [0.3, 0.4) is 0 Å². The summed E-state index contributed by atoms with van der Waals surface area (Å²) < 4.78 is 65.5. The fraction of sp³-hybridized carbons (Fsp3) is 0.386. The molecule has 0 aliphatic carbocycles. The highest BCUT2D eigenvalue weighted by Crippen LogP contribution is 2.50. The molecule has 4 heterocycles. The van der Waals surface area contributed by atoms with Crippen molar-refractivity contribution in [2.75, 3.05) is 27.4 Å². The highest BCUT2D eigenvalue weighted by Gasteiger charge is 2.47. The lowest BCUT2D eigenvalue weighted by Crippen LogP contribution is -2.38. The molecule has 20 heteroatoms. The number of carbonyl (C=O) groups is 1. The Balaban J connectivity index is 1.20. The van der Waals surface area contributed by atoms with Crippen molar-refractivity contribution in [2.45, 2.75) is 76.1 Å². The third-order valence-corrected chi connectivity index (χ3v) is 12.8. The van der Waals surface area contributed by atoms with Crippen LogP contribution >= 0.6 is 20.0 Å². The summed E-state index contributed by atoms with van der Waals surface area (Å²) in [5, 5.41) is 0. The van der Waals surface area contributed by atoms with E-state index < -0.39 is 79.8 Å². The molecule has 2 aliphatic rings.